The third-order valence-electron chi connectivity index (χ3n) is 2.42. The lowest BCUT2D eigenvalue weighted by molar-refractivity contribution is -0.118. The average molecular weight is 251 g/mol. The fourth-order valence-corrected chi connectivity index (χ4v) is 1.53. The van der Waals surface area contributed by atoms with Gasteiger partial charge >= 0.3 is 0 Å². The minimum absolute atomic E-state index is 0.0536. The number of primary amides is 1. The van der Waals surface area contributed by atoms with Gasteiger partial charge in [0, 0.05) is 31.5 Å². The summed E-state index contributed by atoms with van der Waals surface area (Å²) < 4.78 is 0. The molecule has 0 bridgehead atoms. The van der Waals surface area contributed by atoms with Crippen molar-refractivity contribution in [2.75, 3.05) is 17.7 Å². The highest BCUT2D eigenvalue weighted by Gasteiger charge is 2.10. The number of amides is 1. The molecule has 1 atom stereocenters. The van der Waals surface area contributed by atoms with Gasteiger partial charge < -0.3 is 16.4 Å². The van der Waals surface area contributed by atoms with Crippen LogP contribution in [0.5, 0.6) is 0 Å². The highest BCUT2D eigenvalue weighted by Crippen LogP contribution is 2.17. The molecule has 4 N–H and O–H groups in total. The highest BCUT2D eigenvalue weighted by atomic mass is 16.1. The van der Waals surface area contributed by atoms with Crippen molar-refractivity contribution in [3.63, 3.8) is 0 Å². The Morgan fingerprint density at radius 1 is 1.33 bits per heavy atom. The Morgan fingerprint density at radius 2 is 1.94 bits per heavy atom. The number of anilines is 2. The minimum atomic E-state index is -0.332. The van der Waals surface area contributed by atoms with Crippen LogP contribution in [0, 0.1) is 0 Å². The zero-order valence-corrected chi connectivity index (χ0v) is 11.3. The van der Waals surface area contributed by atoms with Gasteiger partial charge in [0.05, 0.1) is 0 Å². The number of aromatic nitrogens is 2. The zero-order valence-electron chi connectivity index (χ0n) is 11.3. The third kappa shape index (κ3) is 4.20. The van der Waals surface area contributed by atoms with Crippen LogP contribution in [0.3, 0.4) is 0 Å². The van der Waals surface area contributed by atoms with Crippen LogP contribution in [-0.4, -0.2) is 29.0 Å². The number of carbonyl (C=O) groups excluding carboxylic acids is 1. The maximum Gasteiger partial charge on any atom is 0.219 e. The van der Waals surface area contributed by atoms with E-state index < -0.39 is 0 Å². The van der Waals surface area contributed by atoms with E-state index in [2.05, 4.69) is 20.6 Å². The van der Waals surface area contributed by atoms with Crippen LogP contribution in [0.25, 0.3) is 0 Å². The number of nitrogens with two attached hydrogens (primary N) is 1. The van der Waals surface area contributed by atoms with Gasteiger partial charge in [-0.3, -0.25) is 4.79 Å². The predicted molar refractivity (Wildman–Crippen MR) is 72.6 cm³/mol. The van der Waals surface area contributed by atoms with E-state index in [1.807, 2.05) is 33.9 Å². The molecule has 1 aromatic heterocycles. The molecule has 1 rings (SSSR count). The van der Waals surface area contributed by atoms with Gasteiger partial charge in [-0.05, 0) is 6.92 Å². The Kier molecular flexibility index (Phi) is 4.88. The first-order valence-corrected chi connectivity index (χ1v) is 6.04. The van der Waals surface area contributed by atoms with E-state index in [0.717, 1.165) is 11.6 Å². The zero-order chi connectivity index (χ0) is 13.7. The number of hydrogen-bond donors (Lipinski definition) is 3. The summed E-state index contributed by atoms with van der Waals surface area (Å²) in [5, 5.41) is 6.15. The lowest BCUT2D eigenvalue weighted by Crippen LogP contribution is -2.24. The Hall–Kier alpha value is -1.85. The molecule has 0 radical (unpaired) electrons. The maximum atomic E-state index is 10.8. The van der Waals surface area contributed by atoms with Gasteiger partial charge in [0.25, 0.3) is 0 Å². The summed E-state index contributed by atoms with van der Waals surface area (Å²) in [7, 11) is 1.81. The normalized spacial score (nSPS) is 12.3. The quantitative estimate of drug-likeness (QED) is 0.709. The van der Waals surface area contributed by atoms with E-state index in [1.165, 1.54) is 0 Å². The van der Waals surface area contributed by atoms with E-state index in [0.29, 0.717) is 5.82 Å². The molecule has 0 aromatic carbocycles. The van der Waals surface area contributed by atoms with Crippen molar-refractivity contribution in [1.29, 1.82) is 0 Å². The van der Waals surface area contributed by atoms with Gasteiger partial charge in [-0.25, -0.2) is 9.97 Å². The number of carbonyl (C=O) groups is 1. The van der Waals surface area contributed by atoms with E-state index in [9.17, 15) is 4.79 Å². The van der Waals surface area contributed by atoms with E-state index in [-0.39, 0.29) is 24.3 Å². The Morgan fingerprint density at radius 3 is 2.44 bits per heavy atom. The van der Waals surface area contributed by atoms with Gasteiger partial charge in [0.1, 0.15) is 17.5 Å². The molecule has 6 nitrogen and oxygen atoms in total. The van der Waals surface area contributed by atoms with Crippen molar-refractivity contribution < 1.29 is 4.79 Å². The van der Waals surface area contributed by atoms with Crippen LogP contribution in [-0.2, 0) is 4.79 Å². The molecule has 1 heterocycles. The summed E-state index contributed by atoms with van der Waals surface area (Å²) in [6.45, 7) is 5.96. The van der Waals surface area contributed by atoms with E-state index in [1.54, 1.807) is 0 Å². The molecule has 0 saturated heterocycles. The molecule has 1 amide bonds. The van der Waals surface area contributed by atoms with Crippen molar-refractivity contribution in [3.05, 3.63) is 11.9 Å². The second kappa shape index (κ2) is 6.18. The second-order valence-corrected chi connectivity index (χ2v) is 4.62. The fraction of sp³-hybridized carbons (Fsp3) is 0.583. The average Bonchev–Trinajstić information content (AvgIpc) is 2.27. The van der Waals surface area contributed by atoms with Crippen molar-refractivity contribution in [2.45, 2.75) is 39.2 Å². The van der Waals surface area contributed by atoms with Crippen LogP contribution < -0.4 is 16.4 Å². The molecule has 6 heteroatoms. The van der Waals surface area contributed by atoms with Gasteiger partial charge in [-0.1, -0.05) is 13.8 Å². The Bertz CT molecular complexity index is 419. The second-order valence-electron chi connectivity index (χ2n) is 4.62. The lowest BCUT2D eigenvalue weighted by atomic mass is 10.2. The molecule has 0 aliphatic rings. The van der Waals surface area contributed by atoms with Crippen molar-refractivity contribution in [3.8, 4) is 0 Å². The Balaban J connectivity index is 2.87. The molecule has 0 spiro atoms. The summed E-state index contributed by atoms with van der Waals surface area (Å²) in [5.41, 5.74) is 5.16. The fourth-order valence-electron chi connectivity index (χ4n) is 1.53. The topological polar surface area (TPSA) is 92.9 Å². The van der Waals surface area contributed by atoms with Gasteiger partial charge in [0.15, 0.2) is 0 Å². The number of nitrogens with zero attached hydrogens (tertiary/aromatic N) is 2. The summed E-state index contributed by atoms with van der Waals surface area (Å²) >= 11 is 0. The van der Waals surface area contributed by atoms with Gasteiger partial charge in [0.2, 0.25) is 5.91 Å². The first kappa shape index (κ1) is 14.2. The minimum Gasteiger partial charge on any atom is -0.373 e. The molecule has 18 heavy (non-hydrogen) atoms. The number of rotatable bonds is 6. The van der Waals surface area contributed by atoms with E-state index in [4.69, 9.17) is 5.73 Å². The summed E-state index contributed by atoms with van der Waals surface area (Å²) in [6.07, 6.45) is 0.274. The van der Waals surface area contributed by atoms with Gasteiger partial charge in [-0.2, -0.15) is 0 Å². The smallest absolute Gasteiger partial charge is 0.219 e. The maximum absolute atomic E-state index is 10.8. The molecule has 0 aliphatic heterocycles. The summed E-state index contributed by atoms with van der Waals surface area (Å²) in [6, 6.07) is 1.76. The van der Waals surface area contributed by atoms with E-state index >= 15 is 0 Å². The first-order valence-electron chi connectivity index (χ1n) is 6.04. The monoisotopic (exact) mass is 251 g/mol. The van der Waals surface area contributed by atoms with Crippen LogP contribution in [0.1, 0.15) is 38.9 Å². The number of nitrogens with one attached hydrogen (secondary N) is 2. The molecule has 100 valence electrons. The lowest BCUT2D eigenvalue weighted by Gasteiger charge is -2.15. The van der Waals surface area contributed by atoms with Crippen LogP contribution in [0.2, 0.25) is 0 Å². The first-order chi connectivity index (χ1) is 8.42. The molecule has 1 unspecified atom stereocenters. The largest absolute Gasteiger partial charge is 0.373 e. The van der Waals surface area contributed by atoms with Crippen molar-refractivity contribution in [1.82, 2.24) is 9.97 Å². The molecule has 0 saturated carbocycles. The Labute approximate surface area is 107 Å². The molecular weight excluding hydrogens is 230 g/mol. The molecule has 0 aliphatic carbocycles. The van der Waals surface area contributed by atoms with Crippen molar-refractivity contribution >= 4 is 17.5 Å². The third-order valence-corrected chi connectivity index (χ3v) is 2.42. The van der Waals surface area contributed by atoms with Crippen LogP contribution >= 0.6 is 0 Å². The van der Waals surface area contributed by atoms with Crippen LogP contribution in [0.15, 0.2) is 6.07 Å². The predicted octanol–water partition coefficient (Wildman–Crippen LogP) is 1.32. The molecule has 1 aromatic rings. The molecule has 0 fully saturated rings. The SMILES string of the molecule is CNc1cc(NC(C)CC(N)=O)nc(C(C)C)n1. The standard InChI is InChI=1S/C12H21N5O/c1-7(2)12-16-10(14-4)6-11(17-12)15-8(3)5-9(13)18/h6-8H,5H2,1-4H3,(H2,13,18)(H2,14,15,16,17). The highest BCUT2D eigenvalue weighted by molar-refractivity contribution is 5.74. The van der Waals surface area contributed by atoms with Crippen LogP contribution in [0.4, 0.5) is 11.6 Å². The summed E-state index contributed by atoms with van der Waals surface area (Å²) in [5.74, 6) is 2.12. The van der Waals surface area contributed by atoms with Gasteiger partial charge in [-0.15, -0.1) is 0 Å². The molecular formula is C12H21N5O. The summed E-state index contributed by atoms with van der Waals surface area (Å²) in [4.78, 5) is 19.6. The van der Waals surface area contributed by atoms with Crippen molar-refractivity contribution in [2.24, 2.45) is 5.73 Å². The number of hydrogen-bond acceptors (Lipinski definition) is 5.